The number of hydrogen-bond acceptors (Lipinski definition) is 15. The summed E-state index contributed by atoms with van der Waals surface area (Å²) in [5.74, 6) is -0.597. The van der Waals surface area contributed by atoms with Crippen molar-refractivity contribution in [2.45, 2.75) is 381 Å². The van der Waals surface area contributed by atoms with E-state index in [-0.39, 0.29) is 25.7 Å². The Kier molecular flexibility index (Phi) is 61.8. The third-order valence-corrected chi connectivity index (χ3v) is 18.4. The van der Waals surface area contributed by atoms with E-state index in [4.69, 9.17) is 37.0 Å². The van der Waals surface area contributed by atoms with Gasteiger partial charge in [0.2, 0.25) is 0 Å². The Hall–Kier alpha value is -1.94. The van der Waals surface area contributed by atoms with Gasteiger partial charge in [-0.25, -0.2) is 9.13 Å². The minimum absolute atomic E-state index is 0.106. The lowest BCUT2D eigenvalue weighted by molar-refractivity contribution is -0.161. The van der Waals surface area contributed by atoms with Gasteiger partial charge in [0.05, 0.1) is 26.4 Å². The molecule has 0 spiro atoms. The third kappa shape index (κ3) is 64.8. The topological polar surface area (TPSA) is 237 Å². The van der Waals surface area contributed by atoms with Crippen LogP contribution in [-0.2, 0) is 65.4 Å². The Morgan fingerprint density at radius 2 is 0.511 bits per heavy atom. The summed E-state index contributed by atoms with van der Waals surface area (Å²) in [6, 6.07) is 0. The summed E-state index contributed by atoms with van der Waals surface area (Å²) in [5, 5.41) is 10.6. The van der Waals surface area contributed by atoms with E-state index in [9.17, 15) is 43.2 Å². The van der Waals surface area contributed by atoms with Crippen molar-refractivity contribution in [1.82, 2.24) is 0 Å². The monoisotopic (exact) mass is 1320 g/mol. The van der Waals surface area contributed by atoms with Crippen LogP contribution in [0.4, 0.5) is 0 Å². The lowest BCUT2D eigenvalue weighted by Gasteiger charge is -2.21. The number of phosphoric acid groups is 2. The lowest BCUT2D eigenvalue weighted by Crippen LogP contribution is -2.30. The normalized spacial score (nSPS) is 14.1. The van der Waals surface area contributed by atoms with Crippen molar-refractivity contribution in [3.05, 3.63) is 0 Å². The van der Waals surface area contributed by atoms with E-state index in [1.54, 1.807) is 0 Å². The van der Waals surface area contributed by atoms with Crippen molar-refractivity contribution in [2.75, 3.05) is 39.6 Å². The first-order valence-electron chi connectivity index (χ1n) is 37.0. The third-order valence-electron chi connectivity index (χ3n) is 16.5. The van der Waals surface area contributed by atoms with E-state index in [0.29, 0.717) is 25.7 Å². The van der Waals surface area contributed by atoms with Gasteiger partial charge in [0, 0.05) is 25.7 Å². The Balaban J connectivity index is 5.26. The number of phosphoric ester groups is 2. The maximum Gasteiger partial charge on any atom is 0.472 e. The molecule has 0 radical (unpaired) electrons. The lowest BCUT2D eigenvalue weighted by atomic mass is 10.0. The molecule has 0 aromatic heterocycles. The van der Waals surface area contributed by atoms with Gasteiger partial charge in [0.15, 0.2) is 12.2 Å². The maximum atomic E-state index is 13.0. The Labute approximate surface area is 549 Å². The van der Waals surface area contributed by atoms with Gasteiger partial charge in [-0.15, -0.1) is 0 Å². The summed E-state index contributed by atoms with van der Waals surface area (Å²) < 4.78 is 68.3. The van der Waals surface area contributed by atoms with E-state index in [1.165, 1.54) is 180 Å². The number of hydrogen-bond donors (Lipinski definition) is 3. The minimum atomic E-state index is -4.95. The Bertz CT molecular complexity index is 1750. The zero-order valence-electron chi connectivity index (χ0n) is 58.4. The van der Waals surface area contributed by atoms with E-state index in [0.717, 1.165) is 102 Å². The highest BCUT2D eigenvalue weighted by Crippen LogP contribution is 2.45. The number of unbranched alkanes of at least 4 members (excludes halogenated alkanes) is 40. The number of rotatable bonds is 70. The Morgan fingerprint density at radius 1 is 0.300 bits per heavy atom. The molecule has 0 fully saturated rings. The van der Waals surface area contributed by atoms with Crippen LogP contribution in [-0.4, -0.2) is 96.7 Å². The zero-order valence-corrected chi connectivity index (χ0v) is 60.2. The second-order valence-corrected chi connectivity index (χ2v) is 29.5. The van der Waals surface area contributed by atoms with Crippen LogP contribution in [0.15, 0.2) is 0 Å². The quantitative estimate of drug-likeness (QED) is 0.0222. The molecule has 17 nitrogen and oxygen atoms in total. The van der Waals surface area contributed by atoms with Gasteiger partial charge < -0.3 is 33.8 Å². The van der Waals surface area contributed by atoms with Crippen LogP contribution < -0.4 is 0 Å². The first-order valence-corrected chi connectivity index (χ1v) is 40.0. The number of ether oxygens (including phenoxy) is 4. The number of aliphatic hydroxyl groups excluding tert-OH is 1. The fourth-order valence-electron chi connectivity index (χ4n) is 10.8. The Morgan fingerprint density at radius 3 is 0.756 bits per heavy atom. The molecule has 0 aromatic rings. The summed E-state index contributed by atoms with van der Waals surface area (Å²) >= 11 is 0. The molecule has 534 valence electrons. The average Bonchev–Trinajstić information content (AvgIpc) is 2.95. The highest BCUT2D eigenvalue weighted by atomic mass is 31.2. The molecule has 0 aliphatic rings. The predicted octanol–water partition coefficient (Wildman–Crippen LogP) is 20.4. The van der Waals surface area contributed by atoms with Crippen LogP contribution in [0.25, 0.3) is 0 Å². The van der Waals surface area contributed by atoms with E-state index in [2.05, 4.69) is 41.5 Å². The van der Waals surface area contributed by atoms with E-state index < -0.39 is 97.5 Å². The largest absolute Gasteiger partial charge is 0.472 e. The molecule has 19 heteroatoms. The van der Waals surface area contributed by atoms with Gasteiger partial charge in [-0.3, -0.25) is 37.3 Å². The van der Waals surface area contributed by atoms with Crippen LogP contribution in [0, 0.1) is 11.8 Å². The molecule has 0 aromatic carbocycles. The van der Waals surface area contributed by atoms with Gasteiger partial charge >= 0.3 is 39.5 Å². The molecule has 5 atom stereocenters. The molecule has 0 amide bonds. The number of carbonyl (C=O) groups is 4. The van der Waals surface area contributed by atoms with Crippen molar-refractivity contribution >= 4 is 39.5 Å². The zero-order chi connectivity index (χ0) is 66.5. The van der Waals surface area contributed by atoms with Crippen molar-refractivity contribution in [1.29, 1.82) is 0 Å². The van der Waals surface area contributed by atoms with Crippen molar-refractivity contribution in [2.24, 2.45) is 11.8 Å². The predicted molar refractivity (Wildman–Crippen MR) is 363 cm³/mol. The average molecular weight is 1330 g/mol. The molecular weight excluding hydrogens is 1190 g/mol. The van der Waals surface area contributed by atoms with Gasteiger partial charge in [0.25, 0.3) is 0 Å². The highest BCUT2D eigenvalue weighted by molar-refractivity contribution is 7.47. The van der Waals surface area contributed by atoms with Gasteiger partial charge in [-0.1, -0.05) is 311 Å². The molecule has 0 saturated carbocycles. The van der Waals surface area contributed by atoms with Gasteiger partial charge in [-0.2, -0.15) is 0 Å². The van der Waals surface area contributed by atoms with Crippen molar-refractivity contribution < 1.29 is 80.2 Å². The molecular formula is C71H138O17P2. The van der Waals surface area contributed by atoms with Crippen molar-refractivity contribution in [3.63, 3.8) is 0 Å². The van der Waals surface area contributed by atoms with Crippen LogP contribution in [0.5, 0.6) is 0 Å². The summed E-state index contributed by atoms with van der Waals surface area (Å²) in [4.78, 5) is 72.6. The molecule has 3 N–H and O–H groups in total. The minimum Gasteiger partial charge on any atom is -0.462 e. The molecule has 0 saturated heterocycles. The van der Waals surface area contributed by atoms with Crippen LogP contribution in [0.2, 0.25) is 0 Å². The second kappa shape index (κ2) is 63.1. The first kappa shape index (κ1) is 88.1. The smallest absolute Gasteiger partial charge is 0.462 e. The molecule has 90 heavy (non-hydrogen) atoms. The SMILES string of the molecule is CCCCCCCCCCCCCCC(=O)O[C@H](COC(=O)CCCCCCCCCCCCC)COP(=O)(O)OC[C@H](O)COP(=O)(O)OC[C@@H](COC(=O)CCCCCCCCCCCCC(C)C)OC(=O)CCCCCCCCCCCCCC(C)C. The van der Waals surface area contributed by atoms with Gasteiger partial charge in [0.1, 0.15) is 19.3 Å². The first-order chi connectivity index (χ1) is 43.4. The van der Waals surface area contributed by atoms with E-state index in [1.807, 2.05) is 0 Å². The second-order valence-electron chi connectivity index (χ2n) is 26.6. The van der Waals surface area contributed by atoms with Crippen LogP contribution in [0.3, 0.4) is 0 Å². The van der Waals surface area contributed by atoms with Crippen LogP contribution in [0.1, 0.15) is 363 Å². The van der Waals surface area contributed by atoms with Crippen molar-refractivity contribution in [3.8, 4) is 0 Å². The summed E-state index contributed by atoms with van der Waals surface area (Å²) in [7, 11) is -9.90. The molecule has 2 unspecified atom stereocenters. The molecule has 0 aliphatic heterocycles. The summed E-state index contributed by atoms with van der Waals surface area (Å²) in [6.07, 6.45) is 48.4. The molecule has 0 aliphatic carbocycles. The van der Waals surface area contributed by atoms with Crippen LogP contribution >= 0.6 is 15.6 Å². The highest BCUT2D eigenvalue weighted by Gasteiger charge is 2.30. The fraction of sp³-hybridized carbons (Fsp3) is 0.944. The number of carbonyl (C=O) groups excluding carboxylic acids is 4. The van der Waals surface area contributed by atoms with Gasteiger partial charge in [-0.05, 0) is 37.5 Å². The summed E-state index contributed by atoms with van der Waals surface area (Å²) in [6.45, 7) is 9.55. The molecule has 0 heterocycles. The molecule has 0 bridgehead atoms. The standard InChI is InChI=1S/C71H138O17P2/c1-7-9-11-13-15-17-19-23-31-37-43-49-55-70(75)87-66(59-81-68(73)53-47-41-35-29-21-18-16-14-12-10-8-2)61-85-89(77,78)83-57-65(72)58-84-90(79,80)86-62-67(60-82-69(74)54-48-42-36-30-26-25-28-34-40-46-52-64(5)6)88-71(76)56-50-44-38-32-24-20-22-27-33-39-45-51-63(3)4/h63-67,72H,7-62H2,1-6H3,(H,77,78)(H,79,80)/t65-,66+,67+/m0/s1. The number of aliphatic hydroxyl groups is 1. The summed E-state index contributed by atoms with van der Waals surface area (Å²) in [5.41, 5.74) is 0. The maximum absolute atomic E-state index is 13.0. The number of esters is 4. The molecule has 0 rings (SSSR count). The fourth-order valence-corrected chi connectivity index (χ4v) is 12.3. The van der Waals surface area contributed by atoms with E-state index >= 15 is 0 Å².